The molecule has 0 radical (unpaired) electrons. The van der Waals surface area contributed by atoms with Crippen LogP contribution in [0.3, 0.4) is 0 Å². The van der Waals surface area contributed by atoms with Crippen LogP contribution in [0, 0.1) is 0 Å². The highest BCUT2D eigenvalue weighted by molar-refractivity contribution is 7.83. The van der Waals surface area contributed by atoms with E-state index in [0.29, 0.717) is 31.1 Å². The van der Waals surface area contributed by atoms with Gasteiger partial charge in [-0.2, -0.15) is 0 Å². The van der Waals surface area contributed by atoms with Crippen LogP contribution in [0.15, 0.2) is 47.4 Å². The SMILES string of the molecule is CCOC(=O)C1=C2c3ccccc3C=CN2[C@@]2(C(=O)OCC)CC(C)=CC[P+]12C. The van der Waals surface area contributed by atoms with Crippen molar-refractivity contribution in [1.82, 2.24) is 4.90 Å². The van der Waals surface area contributed by atoms with Crippen molar-refractivity contribution in [2.45, 2.75) is 32.5 Å². The Bertz CT molecular complexity index is 979. The second-order valence-electron chi connectivity index (χ2n) is 7.83. The molecule has 0 bridgehead atoms. The van der Waals surface area contributed by atoms with Crippen LogP contribution in [-0.4, -0.2) is 48.2 Å². The summed E-state index contributed by atoms with van der Waals surface area (Å²) in [6, 6.07) is 8.00. The number of allylic oxidation sites excluding steroid dienone is 1. The average molecular weight is 412 g/mol. The predicted molar refractivity (Wildman–Crippen MR) is 116 cm³/mol. The summed E-state index contributed by atoms with van der Waals surface area (Å²) in [5.41, 5.74) is 3.96. The minimum absolute atomic E-state index is 0.246. The van der Waals surface area contributed by atoms with Crippen molar-refractivity contribution in [1.29, 1.82) is 0 Å². The summed E-state index contributed by atoms with van der Waals surface area (Å²) < 4.78 is 11.2. The molecule has 3 heterocycles. The Labute approximate surface area is 172 Å². The van der Waals surface area contributed by atoms with Gasteiger partial charge in [0.25, 0.3) is 5.28 Å². The maximum Gasteiger partial charge on any atom is 0.376 e. The summed E-state index contributed by atoms with van der Waals surface area (Å²) in [5, 5.41) is -0.225. The van der Waals surface area contributed by atoms with E-state index >= 15 is 0 Å². The third kappa shape index (κ3) is 2.63. The zero-order chi connectivity index (χ0) is 20.8. The van der Waals surface area contributed by atoms with Gasteiger partial charge in [-0.3, -0.25) is 4.90 Å². The Balaban J connectivity index is 2.04. The molecule has 5 nitrogen and oxygen atoms in total. The standard InChI is InChI=1S/C23H27NO4P/c1-5-27-21(25)20-19-18-10-8-7-9-17(18)11-13-24(19)23(22(26)28-6-2)15-16(3)12-14-29(20,23)4/h7-13H,5-6,14-15H2,1-4H3/q+1/t23-,29?/m0/s1. The Kier molecular flexibility index (Phi) is 4.90. The molecule has 0 amide bonds. The van der Waals surface area contributed by atoms with Crippen molar-refractivity contribution in [3.05, 3.63) is 58.6 Å². The van der Waals surface area contributed by atoms with Gasteiger partial charge in [0.2, 0.25) is 5.31 Å². The molecule has 3 aliphatic heterocycles. The van der Waals surface area contributed by atoms with Crippen molar-refractivity contribution in [2.24, 2.45) is 0 Å². The van der Waals surface area contributed by atoms with Gasteiger partial charge in [0.1, 0.15) is 5.70 Å². The molecular weight excluding hydrogens is 385 g/mol. The van der Waals surface area contributed by atoms with Gasteiger partial charge >= 0.3 is 11.9 Å². The Morgan fingerprint density at radius 3 is 2.62 bits per heavy atom. The van der Waals surface area contributed by atoms with E-state index in [4.69, 9.17) is 9.47 Å². The molecule has 0 N–H and O–H groups in total. The normalized spacial score (nSPS) is 27.0. The summed E-state index contributed by atoms with van der Waals surface area (Å²) >= 11 is 0. The van der Waals surface area contributed by atoms with E-state index in [9.17, 15) is 9.59 Å². The molecule has 0 saturated carbocycles. The first-order valence-electron chi connectivity index (χ1n) is 10.1. The van der Waals surface area contributed by atoms with Crippen LogP contribution < -0.4 is 0 Å². The van der Waals surface area contributed by atoms with E-state index < -0.39 is 12.5 Å². The summed E-state index contributed by atoms with van der Waals surface area (Å²) in [7, 11) is -2.31. The van der Waals surface area contributed by atoms with Crippen LogP contribution in [0.5, 0.6) is 0 Å². The van der Waals surface area contributed by atoms with E-state index in [-0.39, 0.29) is 11.9 Å². The first kappa shape index (κ1) is 19.9. The van der Waals surface area contributed by atoms with Gasteiger partial charge in [-0.15, -0.1) is 0 Å². The van der Waals surface area contributed by atoms with Gasteiger partial charge in [0.05, 0.1) is 33.3 Å². The van der Waals surface area contributed by atoms with Crippen LogP contribution in [0.25, 0.3) is 11.8 Å². The van der Waals surface area contributed by atoms with Crippen LogP contribution in [0.2, 0.25) is 0 Å². The Morgan fingerprint density at radius 1 is 1.17 bits per heavy atom. The number of benzene rings is 1. The summed E-state index contributed by atoms with van der Waals surface area (Å²) in [6.45, 7) is 8.41. The molecule has 2 atom stereocenters. The number of carbonyl (C=O) groups is 2. The van der Waals surface area contributed by atoms with E-state index in [1.54, 1.807) is 0 Å². The molecule has 29 heavy (non-hydrogen) atoms. The molecule has 4 rings (SSSR count). The number of nitrogens with zero attached hydrogens (tertiary/aromatic N) is 1. The van der Waals surface area contributed by atoms with Crippen molar-refractivity contribution in [3.63, 3.8) is 0 Å². The van der Waals surface area contributed by atoms with Gasteiger partial charge in [-0.25, -0.2) is 9.59 Å². The number of esters is 2. The first-order chi connectivity index (χ1) is 13.9. The number of ether oxygens (including phenoxy) is 2. The quantitative estimate of drug-likeness (QED) is 0.415. The van der Waals surface area contributed by atoms with Crippen molar-refractivity contribution < 1.29 is 19.1 Å². The molecule has 0 aromatic heterocycles. The lowest BCUT2D eigenvalue weighted by Gasteiger charge is -2.43. The summed E-state index contributed by atoms with van der Waals surface area (Å²) in [4.78, 5) is 28.9. The summed E-state index contributed by atoms with van der Waals surface area (Å²) in [5.74, 6) is -0.559. The number of hydrogen-bond donors (Lipinski definition) is 0. The zero-order valence-corrected chi connectivity index (χ0v) is 18.3. The van der Waals surface area contributed by atoms with Gasteiger partial charge in [-0.1, -0.05) is 29.8 Å². The zero-order valence-electron chi connectivity index (χ0n) is 17.4. The largest absolute Gasteiger partial charge is 0.461 e. The monoisotopic (exact) mass is 412 g/mol. The number of carbonyl (C=O) groups excluding carboxylic acids is 2. The average Bonchev–Trinajstić information content (AvgIpc) is 2.94. The van der Waals surface area contributed by atoms with Gasteiger partial charge in [0, 0.05) is 18.2 Å². The second-order valence-corrected chi connectivity index (χ2v) is 11.8. The smallest absolute Gasteiger partial charge is 0.376 e. The minimum Gasteiger partial charge on any atom is -0.461 e. The molecular formula is C23H27NO4P+. The van der Waals surface area contributed by atoms with Crippen LogP contribution in [-0.2, 0) is 19.1 Å². The third-order valence-corrected chi connectivity index (χ3v) is 10.7. The van der Waals surface area contributed by atoms with Gasteiger partial charge in [-0.05, 0) is 38.5 Å². The van der Waals surface area contributed by atoms with E-state index in [2.05, 4.69) is 12.7 Å². The summed E-state index contributed by atoms with van der Waals surface area (Å²) in [6.07, 6.45) is 7.39. The van der Waals surface area contributed by atoms with Crippen molar-refractivity contribution in [2.75, 3.05) is 26.0 Å². The van der Waals surface area contributed by atoms with Gasteiger partial charge < -0.3 is 9.47 Å². The lowest BCUT2D eigenvalue weighted by atomic mass is 9.96. The fraction of sp³-hybridized carbons (Fsp3) is 0.391. The number of fused-ring (bicyclic) bond motifs is 5. The van der Waals surface area contributed by atoms with E-state index in [1.807, 2.05) is 62.2 Å². The lowest BCUT2D eigenvalue weighted by Crippen LogP contribution is -2.52. The molecule has 152 valence electrons. The highest BCUT2D eigenvalue weighted by Gasteiger charge is 2.75. The molecule has 1 aromatic rings. The van der Waals surface area contributed by atoms with Crippen LogP contribution >= 0.6 is 7.26 Å². The van der Waals surface area contributed by atoms with Crippen molar-refractivity contribution in [3.8, 4) is 0 Å². The van der Waals surface area contributed by atoms with Crippen molar-refractivity contribution >= 4 is 31.0 Å². The molecule has 0 spiro atoms. The second kappa shape index (κ2) is 7.14. The highest BCUT2D eigenvalue weighted by Crippen LogP contribution is 2.82. The molecule has 0 aliphatic carbocycles. The molecule has 1 aromatic carbocycles. The number of hydrogen-bond acceptors (Lipinski definition) is 5. The maximum atomic E-state index is 13.6. The highest BCUT2D eigenvalue weighted by atomic mass is 31.2. The molecule has 0 fully saturated rings. The maximum absolute atomic E-state index is 13.6. The molecule has 0 saturated heterocycles. The van der Waals surface area contributed by atoms with Gasteiger partial charge in [0.15, 0.2) is 0 Å². The Hall–Kier alpha value is -2.39. The molecule has 1 unspecified atom stereocenters. The molecule has 3 aliphatic rings. The number of rotatable bonds is 4. The topological polar surface area (TPSA) is 55.8 Å². The predicted octanol–water partition coefficient (Wildman–Crippen LogP) is 4.48. The third-order valence-electron chi connectivity index (χ3n) is 6.19. The van der Waals surface area contributed by atoms with E-state index in [1.165, 1.54) is 0 Å². The van der Waals surface area contributed by atoms with Crippen LogP contribution in [0.1, 0.15) is 38.3 Å². The van der Waals surface area contributed by atoms with E-state index in [0.717, 1.165) is 22.4 Å². The Morgan fingerprint density at radius 2 is 1.90 bits per heavy atom. The fourth-order valence-corrected chi connectivity index (χ4v) is 9.24. The lowest BCUT2D eigenvalue weighted by molar-refractivity contribution is -0.149. The van der Waals surface area contributed by atoms with Crippen LogP contribution in [0.4, 0.5) is 0 Å². The molecule has 6 heteroatoms. The fourth-order valence-electron chi connectivity index (χ4n) is 4.84. The minimum atomic E-state index is -2.31. The first-order valence-corrected chi connectivity index (χ1v) is 12.5.